The van der Waals surface area contributed by atoms with E-state index in [0.29, 0.717) is 26.0 Å². The van der Waals surface area contributed by atoms with Gasteiger partial charge >= 0.3 is 12.1 Å². The van der Waals surface area contributed by atoms with Gasteiger partial charge in [-0.25, -0.2) is 4.79 Å². The third-order valence-electron chi connectivity index (χ3n) is 4.33. The molecule has 1 aliphatic heterocycles. The molecule has 2 aliphatic rings. The Morgan fingerprint density at radius 1 is 1.27 bits per heavy atom. The summed E-state index contributed by atoms with van der Waals surface area (Å²) in [6.07, 6.45) is 0.301. The lowest BCUT2D eigenvalue weighted by atomic mass is 10.1. The number of morpholine rings is 1. The smallest absolute Gasteiger partial charge is 0.410 e. The Morgan fingerprint density at radius 2 is 2.05 bits per heavy atom. The highest BCUT2D eigenvalue weighted by molar-refractivity contribution is 5.72. The van der Waals surface area contributed by atoms with Gasteiger partial charge in [-0.15, -0.1) is 0 Å². The molecule has 1 aliphatic carbocycles. The maximum atomic E-state index is 12.3. The van der Waals surface area contributed by atoms with Gasteiger partial charge in [-0.3, -0.25) is 4.79 Å². The van der Waals surface area contributed by atoms with Crippen molar-refractivity contribution in [3.05, 3.63) is 35.9 Å². The standard InChI is InChI=1S/C16H19NO5/c18-15(19)12-8-13-14(9-12)21-7-6-17(13)16(20)22-10-11-4-2-1-3-5-11/h1-5,12-14H,6-10H2,(H,18,19). The quantitative estimate of drug-likeness (QED) is 0.923. The summed E-state index contributed by atoms with van der Waals surface area (Å²) in [7, 11) is 0. The largest absolute Gasteiger partial charge is 0.481 e. The van der Waals surface area contributed by atoms with Gasteiger partial charge in [0.2, 0.25) is 0 Å². The average Bonchev–Trinajstić information content (AvgIpc) is 2.98. The molecule has 1 amide bonds. The normalized spacial score (nSPS) is 27.3. The Hall–Kier alpha value is -2.08. The number of rotatable bonds is 3. The molecule has 118 valence electrons. The number of hydrogen-bond acceptors (Lipinski definition) is 4. The van der Waals surface area contributed by atoms with Gasteiger partial charge in [0.15, 0.2) is 0 Å². The molecule has 1 N–H and O–H groups in total. The minimum atomic E-state index is -0.824. The number of nitrogens with zero attached hydrogens (tertiary/aromatic N) is 1. The monoisotopic (exact) mass is 305 g/mol. The van der Waals surface area contributed by atoms with Crippen LogP contribution in [0.2, 0.25) is 0 Å². The molecule has 3 unspecified atom stereocenters. The first-order valence-corrected chi connectivity index (χ1v) is 7.47. The second kappa shape index (κ2) is 6.36. The van der Waals surface area contributed by atoms with Crippen LogP contribution < -0.4 is 0 Å². The SMILES string of the molecule is O=C(O)C1CC2OCCN(C(=O)OCc3ccccc3)C2C1. The topological polar surface area (TPSA) is 76.1 Å². The van der Waals surface area contributed by atoms with E-state index in [1.807, 2.05) is 30.3 Å². The average molecular weight is 305 g/mol. The number of carboxylic acids is 1. The number of carbonyl (C=O) groups excluding carboxylic acids is 1. The number of carboxylic acid groups (broad SMARTS) is 1. The Morgan fingerprint density at radius 3 is 2.77 bits per heavy atom. The van der Waals surface area contributed by atoms with Crippen LogP contribution in [0.25, 0.3) is 0 Å². The fourth-order valence-corrected chi connectivity index (χ4v) is 3.18. The molecule has 0 bridgehead atoms. The summed E-state index contributed by atoms with van der Waals surface area (Å²) < 4.78 is 11.0. The lowest BCUT2D eigenvalue weighted by Crippen LogP contribution is -2.51. The van der Waals surface area contributed by atoms with Gasteiger partial charge in [0, 0.05) is 6.54 Å². The van der Waals surface area contributed by atoms with Crippen LogP contribution >= 0.6 is 0 Å². The first-order chi connectivity index (χ1) is 10.6. The van der Waals surface area contributed by atoms with Gasteiger partial charge in [0.05, 0.1) is 24.7 Å². The van der Waals surface area contributed by atoms with Crippen molar-refractivity contribution in [1.29, 1.82) is 0 Å². The lowest BCUT2D eigenvalue weighted by Gasteiger charge is -2.36. The fraction of sp³-hybridized carbons (Fsp3) is 0.500. The second-order valence-electron chi connectivity index (χ2n) is 5.72. The van der Waals surface area contributed by atoms with E-state index in [2.05, 4.69) is 0 Å². The van der Waals surface area contributed by atoms with E-state index in [4.69, 9.17) is 14.6 Å². The third-order valence-corrected chi connectivity index (χ3v) is 4.33. The molecule has 0 aromatic heterocycles. The van der Waals surface area contributed by atoms with Crippen LogP contribution in [-0.2, 0) is 20.9 Å². The fourth-order valence-electron chi connectivity index (χ4n) is 3.18. The molecule has 0 spiro atoms. The molecule has 3 rings (SSSR count). The van der Waals surface area contributed by atoms with Crippen molar-refractivity contribution >= 4 is 12.1 Å². The Bertz CT molecular complexity index is 547. The first-order valence-electron chi connectivity index (χ1n) is 7.47. The van der Waals surface area contributed by atoms with Gasteiger partial charge in [0.25, 0.3) is 0 Å². The number of fused-ring (bicyclic) bond motifs is 1. The van der Waals surface area contributed by atoms with Crippen LogP contribution in [-0.4, -0.2) is 47.4 Å². The van der Waals surface area contributed by atoms with Gasteiger partial charge in [-0.05, 0) is 18.4 Å². The van der Waals surface area contributed by atoms with Crippen LogP contribution in [0.5, 0.6) is 0 Å². The summed E-state index contributed by atoms with van der Waals surface area (Å²) in [5.41, 5.74) is 0.926. The van der Waals surface area contributed by atoms with Gasteiger partial charge < -0.3 is 19.5 Å². The van der Waals surface area contributed by atoms with Crippen molar-refractivity contribution in [2.45, 2.75) is 31.6 Å². The summed E-state index contributed by atoms with van der Waals surface area (Å²) in [5, 5.41) is 9.15. The summed E-state index contributed by atoms with van der Waals surface area (Å²) >= 11 is 0. The Kier molecular flexibility index (Phi) is 4.29. The lowest BCUT2D eigenvalue weighted by molar-refractivity contribution is -0.141. The highest BCUT2D eigenvalue weighted by atomic mass is 16.6. The number of benzene rings is 1. The summed E-state index contributed by atoms with van der Waals surface area (Å²) in [5.74, 6) is -1.27. The molecular weight excluding hydrogens is 286 g/mol. The van der Waals surface area contributed by atoms with Crippen LogP contribution in [0.1, 0.15) is 18.4 Å². The maximum absolute atomic E-state index is 12.3. The number of aliphatic carboxylic acids is 1. The van der Waals surface area contributed by atoms with Crippen molar-refractivity contribution in [3.63, 3.8) is 0 Å². The summed E-state index contributed by atoms with van der Waals surface area (Å²) in [6.45, 7) is 1.09. The van der Waals surface area contributed by atoms with Gasteiger partial charge in [-0.1, -0.05) is 30.3 Å². The van der Waals surface area contributed by atoms with E-state index in [1.54, 1.807) is 4.90 Å². The zero-order valence-corrected chi connectivity index (χ0v) is 12.2. The predicted octanol–water partition coefficient (Wildman–Crippen LogP) is 1.89. The highest BCUT2D eigenvalue weighted by Gasteiger charge is 2.45. The van der Waals surface area contributed by atoms with Gasteiger partial charge in [0.1, 0.15) is 6.61 Å². The minimum absolute atomic E-state index is 0.195. The van der Waals surface area contributed by atoms with Gasteiger partial charge in [-0.2, -0.15) is 0 Å². The molecule has 1 aromatic rings. The molecule has 3 atom stereocenters. The van der Waals surface area contributed by atoms with Crippen molar-refractivity contribution in [2.24, 2.45) is 5.92 Å². The molecular formula is C16H19NO5. The maximum Gasteiger partial charge on any atom is 0.410 e. The first kappa shape index (κ1) is 14.8. The number of ether oxygens (including phenoxy) is 2. The number of carbonyl (C=O) groups is 2. The molecule has 22 heavy (non-hydrogen) atoms. The van der Waals surface area contributed by atoms with Crippen LogP contribution in [0.15, 0.2) is 30.3 Å². The minimum Gasteiger partial charge on any atom is -0.481 e. The molecule has 1 aromatic carbocycles. The van der Waals surface area contributed by atoms with E-state index in [-0.39, 0.29) is 18.8 Å². The zero-order valence-electron chi connectivity index (χ0n) is 12.2. The Balaban J connectivity index is 1.61. The van der Waals surface area contributed by atoms with Crippen molar-refractivity contribution in [1.82, 2.24) is 4.90 Å². The number of hydrogen-bond donors (Lipinski definition) is 1. The second-order valence-corrected chi connectivity index (χ2v) is 5.72. The van der Waals surface area contributed by atoms with E-state index >= 15 is 0 Å². The van der Waals surface area contributed by atoms with Crippen LogP contribution in [0.4, 0.5) is 4.79 Å². The summed E-state index contributed by atoms with van der Waals surface area (Å²) in [4.78, 5) is 25.1. The van der Waals surface area contributed by atoms with E-state index < -0.39 is 18.0 Å². The predicted molar refractivity (Wildman–Crippen MR) is 77.2 cm³/mol. The summed E-state index contributed by atoms with van der Waals surface area (Å²) in [6, 6.07) is 9.28. The third kappa shape index (κ3) is 3.06. The zero-order chi connectivity index (χ0) is 15.5. The van der Waals surface area contributed by atoms with Crippen molar-refractivity contribution < 1.29 is 24.2 Å². The molecule has 1 heterocycles. The van der Waals surface area contributed by atoms with Crippen LogP contribution in [0.3, 0.4) is 0 Å². The highest BCUT2D eigenvalue weighted by Crippen LogP contribution is 2.34. The van der Waals surface area contributed by atoms with Crippen LogP contribution in [0, 0.1) is 5.92 Å². The molecule has 2 fully saturated rings. The van der Waals surface area contributed by atoms with E-state index in [1.165, 1.54) is 0 Å². The molecule has 1 saturated heterocycles. The molecule has 0 radical (unpaired) electrons. The van der Waals surface area contributed by atoms with Crippen molar-refractivity contribution in [2.75, 3.05) is 13.2 Å². The Labute approximate surface area is 128 Å². The molecule has 6 nitrogen and oxygen atoms in total. The van der Waals surface area contributed by atoms with E-state index in [9.17, 15) is 9.59 Å². The van der Waals surface area contributed by atoms with Crippen molar-refractivity contribution in [3.8, 4) is 0 Å². The molecule has 6 heteroatoms. The number of amides is 1. The molecule has 1 saturated carbocycles. The van der Waals surface area contributed by atoms with E-state index in [0.717, 1.165) is 5.56 Å².